The first-order valence-corrected chi connectivity index (χ1v) is 7.87. The van der Waals surface area contributed by atoms with Crippen molar-refractivity contribution in [3.63, 3.8) is 0 Å². The normalized spacial score (nSPS) is 10.1. The van der Waals surface area contributed by atoms with Crippen LogP contribution in [0.4, 0.5) is 0 Å². The lowest BCUT2D eigenvalue weighted by Crippen LogP contribution is -2.40. The summed E-state index contributed by atoms with van der Waals surface area (Å²) >= 11 is 5.43. The van der Waals surface area contributed by atoms with E-state index < -0.39 is 0 Å². The standard InChI is InChI=1S/C13H16BrIN2O2/c1-3-17(4-2)12(18)8-16-13(19)10-7-9(14)5-6-11(10)15/h5-7H,3-4,8H2,1-2H3,(H,16,19). The van der Waals surface area contributed by atoms with Gasteiger partial charge in [0, 0.05) is 21.1 Å². The Morgan fingerprint density at radius 3 is 2.53 bits per heavy atom. The minimum absolute atomic E-state index is 0.0309. The van der Waals surface area contributed by atoms with Crippen molar-refractivity contribution in [2.75, 3.05) is 19.6 Å². The third kappa shape index (κ3) is 4.76. The van der Waals surface area contributed by atoms with E-state index in [1.54, 1.807) is 11.0 Å². The van der Waals surface area contributed by atoms with E-state index in [0.717, 1.165) is 8.04 Å². The molecule has 0 spiro atoms. The van der Waals surface area contributed by atoms with Crippen LogP contribution in [0.2, 0.25) is 0 Å². The fourth-order valence-corrected chi connectivity index (χ4v) is 2.55. The maximum atomic E-state index is 12.0. The number of rotatable bonds is 5. The molecule has 0 atom stereocenters. The number of hydrogen-bond acceptors (Lipinski definition) is 2. The van der Waals surface area contributed by atoms with Gasteiger partial charge in [0.2, 0.25) is 5.91 Å². The van der Waals surface area contributed by atoms with Crippen LogP contribution in [0.3, 0.4) is 0 Å². The molecule has 1 N–H and O–H groups in total. The molecule has 0 fully saturated rings. The van der Waals surface area contributed by atoms with Gasteiger partial charge in [-0.3, -0.25) is 9.59 Å². The predicted octanol–water partition coefficient (Wildman–Crippen LogP) is 2.65. The van der Waals surface area contributed by atoms with E-state index in [-0.39, 0.29) is 18.4 Å². The Morgan fingerprint density at radius 1 is 1.32 bits per heavy atom. The maximum absolute atomic E-state index is 12.0. The molecule has 104 valence electrons. The molecule has 1 aromatic carbocycles. The second-order valence-electron chi connectivity index (χ2n) is 3.87. The van der Waals surface area contributed by atoms with Crippen LogP contribution in [0.5, 0.6) is 0 Å². The molecular formula is C13H16BrIN2O2. The number of likely N-dealkylation sites (N-methyl/N-ethyl adjacent to an activating group) is 1. The second kappa shape index (κ2) is 7.84. The Balaban J connectivity index is 2.65. The van der Waals surface area contributed by atoms with Crippen molar-refractivity contribution in [1.82, 2.24) is 10.2 Å². The number of halogens is 2. The molecule has 0 aromatic heterocycles. The van der Waals surface area contributed by atoms with Crippen LogP contribution >= 0.6 is 38.5 Å². The van der Waals surface area contributed by atoms with Crippen LogP contribution < -0.4 is 5.32 Å². The van der Waals surface area contributed by atoms with Crippen LogP contribution in [0.25, 0.3) is 0 Å². The number of carbonyl (C=O) groups excluding carboxylic acids is 2. The van der Waals surface area contributed by atoms with Crippen molar-refractivity contribution in [2.45, 2.75) is 13.8 Å². The largest absolute Gasteiger partial charge is 0.343 e. The Labute approximate surface area is 135 Å². The molecule has 1 aromatic rings. The first-order valence-electron chi connectivity index (χ1n) is 6.00. The average molecular weight is 439 g/mol. The Kier molecular flexibility index (Phi) is 6.78. The van der Waals surface area contributed by atoms with Crippen molar-refractivity contribution < 1.29 is 9.59 Å². The molecule has 0 aliphatic rings. The average Bonchev–Trinajstić information content (AvgIpc) is 2.40. The fraction of sp³-hybridized carbons (Fsp3) is 0.385. The Morgan fingerprint density at radius 2 is 1.95 bits per heavy atom. The van der Waals surface area contributed by atoms with Crippen LogP contribution in [-0.4, -0.2) is 36.3 Å². The number of benzene rings is 1. The molecule has 2 amide bonds. The van der Waals surface area contributed by atoms with E-state index in [1.807, 2.05) is 26.0 Å². The number of hydrogen-bond donors (Lipinski definition) is 1. The highest BCUT2D eigenvalue weighted by Crippen LogP contribution is 2.18. The first-order chi connectivity index (χ1) is 8.99. The van der Waals surface area contributed by atoms with Gasteiger partial charge in [0.25, 0.3) is 5.91 Å². The van der Waals surface area contributed by atoms with Gasteiger partial charge < -0.3 is 10.2 Å². The smallest absolute Gasteiger partial charge is 0.252 e. The number of carbonyl (C=O) groups is 2. The quantitative estimate of drug-likeness (QED) is 0.718. The lowest BCUT2D eigenvalue weighted by molar-refractivity contribution is -0.129. The highest BCUT2D eigenvalue weighted by molar-refractivity contribution is 14.1. The van der Waals surface area contributed by atoms with Crippen molar-refractivity contribution in [3.05, 3.63) is 31.8 Å². The third-order valence-corrected chi connectivity index (χ3v) is 4.12. The molecule has 4 nitrogen and oxygen atoms in total. The summed E-state index contributed by atoms with van der Waals surface area (Å²) in [6, 6.07) is 5.48. The molecule has 0 aliphatic heterocycles. The van der Waals surface area contributed by atoms with Crippen molar-refractivity contribution >= 4 is 50.3 Å². The number of nitrogens with zero attached hydrogens (tertiary/aromatic N) is 1. The summed E-state index contributed by atoms with van der Waals surface area (Å²) in [5.41, 5.74) is 0.572. The van der Waals surface area contributed by atoms with Gasteiger partial charge in [-0.05, 0) is 54.6 Å². The van der Waals surface area contributed by atoms with E-state index in [4.69, 9.17) is 0 Å². The minimum atomic E-state index is -0.230. The van der Waals surface area contributed by atoms with Gasteiger partial charge in [0.1, 0.15) is 0 Å². The predicted molar refractivity (Wildman–Crippen MR) is 87.1 cm³/mol. The van der Waals surface area contributed by atoms with Gasteiger partial charge in [-0.25, -0.2) is 0 Å². The van der Waals surface area contributed by atoms with Crippen LogP contribution in [0.1, 0.15) is 24.2 Å². The first kappa shape index (κ1) is 16.4. The number of nitrogens with one attached hydrogen (secondary N) is 1. The molecule has 19 heavy (non-hydrogen) atoms. The van der Waals surface area contributed by atoms with Gasteiger partial charge in [-0.1, -0.05) is 15.9 Å². The lowest BCUT2D eigenvalue weighted by atomic mass is 10.2. The Hall–Kier alpha value is -0.630. The van der Waals surface area contributed by atoms with Crippen molar-refractivity contribution in [3.8, 4) is 0 Å². The van der Waals surface area contributed by atoms with Crippen LogP contribution in [0.15, 0.2) is 22.7 Å². The van der Waals surface area contributed by atoms with E-state index in [1.165, 1.54) is 0 Å². The van der Waals surface area contributed by atoms with Gasteiger partial charge in [-0.15, -0.1) is 0 Å². The monoisotopic (exact) mass is 438 g/mol. The topological polar surface area (TPSA) is 49.4 Å². The van der Waals surface area contributed by atoms with Gasteiger partial charge in [-0.2, -0.15) is 0 Å². The Bertz CT molecular complexity index is 476. The SMILES string of the molecule is CCN(CC)C(=O)CNC(=O)c1cc(Br)ccc1I. The second-order valence-corrected chi connectivity index (χ2v) is 5.95. The summed E-state index contributed by atoms with van der Waals surface area (Å²) in [6.45, 7) is 5.17. The summed E-state index contributed by atoms with van der Waals surface area (Å²) in [7, 11) is 0. The zero-order valence-electron chi connectivity index (χ0n) is 10.9. The van der Waals surface area contributed by atoms with Crippen LogP contribution in [-0.2, 0) is 4.79 Å². The van der Waals surface area contributed by atoms with E-state index >= 15 is 0 Å². The van der Waals surface area contributed by atoms with E-state index in [0.29, 0.717) is 18.7 Å². The van der Waals surface area contributed by atoms with Gasteiger partial charge in [0.05, 0.1) is 12.1 Å². The maximum Gasteiger partial charge on any atom is 0.252 e. The summed E-state index contributed by atoms with van der Waals surface area (Å²) in [5.74, 6) is -0.297. The molecular weight excluding hydrogens is 423 g/mol. The molecule has 0 unspecified atom stereocenters. The molecule has 0 bridgehead atoms. The summed E-state index contributed by atoms with van der Waals surface area (Å²) in [6.07, 6.45) is 0. The summed E-state index contributed by atoms with van der Waals surface area (Å²) < 4.78 is 1.70. The highest BCUT2D eigenvalue weighted by Gasteiger charge is 2.14. The molecule has 1 rings (SSSR count). The number of amides is 2. The molecule has 0 radical (unpaired) electrons. The van der Waals surface area contributed by atoms with Crippen LogP contribution in [0, 0.1) is 3.57 Å². The summed E-state index contributed by atoms with van der Waals surface area (Å²) in [4.78, 5) is 25.5. The van der Waals surface area contributed by atoms with Gasteiger partial charge in [0.15, 0.2) is 0 Å². The third-order valence-electron chi connectivity index (χ3n) is 2.69. The van der Waals surface area contributed by atoms with E-state index in [9.17, 15) is 9.59 Å². The van der Waals surface area contributed by atoms with Crippen molar-refractivity contribution in [2.24, 2.45) is 0 Å². The summed E-state index contributed by atoms with van der Waals surface area (Å²) in [5, 5.41) is 2.66. The van der Waals surface area contributed by atoms with Gasteiger partial charge >= 0.3 is 0 Å². The fourth-order valence-electron chi connectivity index (χ4n) is 1.61. The minimum Gasteiger partial charge on any atom is -0.343 e. The lowest BCUT2D eigenvalue weighted by Gasteiger charge is -2.18. The van der Waals surface area contributed by atoms with E-state index in [2.05, 4.69) is 43.8 Å². The molecule has 0 saturated heterocycles. The highest BCUT2D eigenvalue weighted by atomic mass is 127. The van der Waals surface area contributed by atoms with Crippen molar-refractivity contribution in [1.29, 1.82) is 0 Å². The molecule has 0 saturated carbocycles. The zero-order chi connectivity index (χ0) is 14.4. The molecule has 0 aliphatic carbocycles. The molecule has 0 heterocycles. The molecule has 6 heteroatoms. The zero-order valence-corrected chi connectivity index (χ0v) is 14.6.